The van der Waals surface area contributed by atoms with Crippen molar-refractivity contribution in [3.63, 3.8) is 0 Å². The molecule has 0 aliphatic carbocycles. The van der Waals surface area contributed by atoms with Crippen molar-refractivity contribution < 1.29 is 0 Å². The molecule has 4 rings (SSSR count). The second-order valence-electron chi connectivity index (χ2n) is 12.3. The van der Waals surface area contributed by atoms with Crippen molar-refractivity contribution in [2.24, 2.45) is 0 Å². The minimum absolute atomic E-state index is 0.240. The number of hydrogen-bond acceptors (Lipinski definition) is 6. The Morgan fingerprint density at radius 1 is 0.742 bits per heavy atom. The zero-order valence-corrected chi connectivity index (χ0v) is 23.0. The first-order valence-corrected chi connectivity index (χ1v) is 14.8. The summed E-state index contributed by atoms with van der Waals surface area (Å²) in [7, 11) is 0. The zero-order chi connectivity index (χ0) is 22.5. The number of likely N-dealkylation sites (tertiary alicyclic amines) is 2. The molecule has 0 aromatic rings. The van der Waals surface area contributed by atoms with Crippen LogP contribution in [-0.4, -0.2) is 104 Å². The van der Waals surface area contributed by atoms with Gasteiger partial charge in [-0.05, 0) is 73.8 Å². The molecule has 4 nitrogen and oxygen atoms in total. The Bertz CT molecular complexity index is 610. The van der Waals surface area contributed by atoms with Crippen molar-refractivity contribution in [3.8, 4) is 0 Å². The monoisotopic (exact) mass is 468 g/mol. The van der Waals surface area contributed by atoms with Gasteiger partial charge < -0.3 is 9.80 Å². The van der Waals surface area contributed by atoms with E-state index in [0.717, 1.165) is 0 Å². The molecule has 0 N–H and O–H groups in total. The van der Waals surface area contributed by atoms with Crippen LogP contribution < -0.4 is 0 Å². The van der Waals surface area contributed by atoms with E-state index in [2.05, 4.69) is 91.6 Å². The van der Waals surface area contributed by atoms with Crippen molar-refractivity contribution in [1.82, 2.24) is 19.6 Å². The van der Waals surface area contributed by atoms with E-state index >= 15 is 0 Å². The predicted molar refractivity (Wildman–Crippen MR) is 139 cm³/mol. The fraction of sp³-hybridized carbons (Fsp3) is 1.00. The van der Waals surface area contributed by atoms with Gasteiger partial charge in [-0.2, -0.15) is 0 Å². The number of rotatable bonds is 3. The standard InChI is InChI=1S/C25H48N4S2/c1-8-26-13-11-25(12-14-26)29(23(5,6)7)21(20-31-25)19-27-15-9-24(10-16-27)28(17-18-30-24)22(2,3)4/h21H,8-20H2,1-7H3. The molecule has 4 heterocycles. The minimum Gasteiger partial charge on any atom is -0.303 e. The van der Waals surface area contributed by atoms with Crippen LogP contribution in [0.2, 0.25) is 0 Å². The molecule has 0 saturated carbocycles. The van der Waals surface area contributed by atoms with E-state index in [0.29, 0.717) is 15.8 Å². The van der Waals surface area contributed by atoms with E-state index in [4.69, 9.17) is 0 Å². The zero-order valence-electron chi connectivity index (χ0n) is 21.4. The molecule has 0 amide bonds. The maximum Gasteiger partial charge on any atom is 0.0702 e. The molecule has 6 heteroatoms. The maximum atomic E-state index is 2.97. The summed E-state index contributed by atoms with van der Waals surface area (Å²) in [6.07, 6.45) is 5.33. The van der Waals surface area contributed by atoms with Crippen LogP contribution in [0.4, 0.5) is 0 Å². The normalized spacial score (nSPS) is 31.3. The molecular formula is C25H48N4S2. The van der Waals surface area contributed by atoms with Crippen molar-refractivity contribution in [2.75, 3.05) is 57.3 Å². The van der Waals surface area contributed by atoms with Gasteiger partial charge in [0.05, 0.1) is 9.74 Å². The van der Waals surface area contributed by atoms with Gasteiger partial charge in [0.25, 0.3) is 0 Å². The van der Waals surface area contributed by atoms with Gasteiger partial charge >= 0.3 is 0 Å². The highest BCUT2D eigenvalue weighted by molar-refractivity contribution is 8.01. The van der Waals surface area contributed by atoms with Gasteiger partial charge in [-0.15, -0.1) is 23.5 Å². The highest BCUT2D eigenvalue weighted by Crippen LogP contribution is 2.51. The van der Waals surface area contributed by atoms with Gasteiger partial charge in [0.1, 0.15) is 0 Å². The highest BCUT2D eigenvalue weighted by atomic mass is 32.2. The smallest absolute Gasteiger partial charge is 0.0702 e. The molecule has 4 aliphatic heterocycles. The van der Waals surface area contributed by atoms with Crippen LogP contribution in [0.1, 0.15) is 74.1 Å². The van der Waals surface area contributed by atoms with E-state index in [1.807, 2.05) is 0 Å². The lowest BCUT2D eigenvalue weighted by Crippen LogP contribution is -2.62. The second kappa shape index (κ2) is 8.96. The summed E-state index contributed by atoms with van der Waals surface area (Å²) in [5, 5.41) is 0. The Labute approximate surface area is 201 Å². The summed E-state index contributed by atoms with van der Waals surface area (Å²) in [6.45, 7) is 25.8. The summed E-state index contributed by atoms with van der Waals surface area (Å²) in [5.74, 6) is 2.62. The van der Waals surface area contributed by atoms with Crippen molar-refractivity contribution in [2.45, 2.75) is 101 Å². The van der Waals surface area contributed by atoms with Crippen LogP contribution >= 0.6 is 23.5 Å². The first-order valence-electron chi connectivity index (χ1n) is 12.8. The molecule has 2 spiro atoms. The van der Waals surface area contributed by atoms with Crippen LogP contribution in [0.15, 0.2) is 0 Å². The van der Waals surface area contributed by atoms with Gasteiger partial charge in [-0.25, -0.2) is 0 Å². The van der Waals surface area contributed by atoms with Gasteiger partial charge in [0.15, 0.2) is 0 Å². The average Bonchev–Trinajstić information content (AvgIpc) is 3.26. The molecule has 0 aromatic carbocycles. The van der Waals surface area contributed by atoms with E-state index in [9.17, 15) is 0 Å². The predicted octanol–water partition coefficient (Wildman–Crippen LogP) is 4.65. The molecule has 0 bridgehead atoms. The Balaban J connectivity index is 1.41. The van der Waals surface area contributed by atoms with Gasteiger partial charge in [-0.3, -0.25) is 9.80 Å². The lowest BCUT2D eigenvalue weighted by Gasteiger charge is -2.53. The first kappa shape index (κ1) is 24.7. The quantitative estimate of drug-likeness (QED) is 0.593. The summed E-state index contributed by atoms with van der Waals surface area (Å²) in [6, 6.07) is 0.696. The molecule has 1 atom stereocenters. The fourth-order valence-corrected chi connectivity index (χ4v) is 10.4. The van der Waals surface area contributed by atoms with Crippen LogP contribution in [0.25, 0.3) is 0 Å². The summed E-state index contributed by atoms with van der Waals surface area (Å²) < 4.78 is 0. The maximum absolute atomic E-state index is 2.97. The average molecular weight is 469 g/mol. The van der Waals surface area contributed by atoms with Crippen LogP contribution in [0, 0.1) is 0 Å². The van der Waals surface area contributed by atoms with E-state index in [-0.39, 0.29) is 11.1 Å². The first-order chi connectivity index (χ1) is 14.5. The molecule has 1 unspecified atom stereocenters. The Kier molecular flexibility index (Phi) is 7.13. The SMILES string of the molecule is CCN1CCC2(CC1)SCC(CN1CCC3(CC1)SCCN3C(C)(C)C)N2C(C)(C)C. The number of hydrogen-bond donors (Lipinski definition) is 0. The van der Waals surface area contributed by atoms with Gasteiger partial charge in [0.2, 0.25) is 0 Å². The third-order valence-electron chi connectivity index (χ3n) is 8.25. The summed E-state index contributed by atoms with van der Waals surface area (Å²) in [4.78, 5) is 12.0. The molecule has 4 saturated heterocycles. The lowest BCUT2D eigenvalue weighted by molar-refractivity contribution is -0.0172. The molecule has 0 radical (unpaired) electrons. The largest absolute Gasteiger partial charge is 0.303 e. The Morgan fingerprint density at radius 3 is 1.87 bits per heavy atom. The van der Waals surface area contributed by atoms with Crippen LogP contribution in [-0.2, 0) is 0 Å². The molecule has 4 aliphatic rings. The number of piperidine rings is 2. The minimum atomic E-state index is 0.240. The van der Waals surface area contributed by atoms with E-state index in [1.165, 1.54) is 83.0 Å². The van der Waals surface area contributed by atoms with E-state index < -0.39 is 0 Å². The molecule has 4 fully saturated rings. The highest BCUT2D eigenvalue weighted by Gasteiger charge is 2.53. The molecular weight excluding hydrogens is 420 g/mol. The van der Waals surface area contributed by atoms with Crippen molar-refractivity contribution in [1.29, 1.82) is 0 Å². The van der Waals surface area contributed by atoms with Crippen molar-refractivity contribution in [3.05, 3.63) is 0 Å². The van der Waals surface area contributed by atoms with Gasteiger partial charge in [0, 0.05) is 67.9 Å². The lowest BCUT2D eigenvalue weighted by atomic mass is 9.92. The second-order valence-corrected chi connectivity index (χ2v) is 15.1. The molecule has 180 valence electrons. The van der Waals surface area contributed by atoms with Gasteiger partial charge in [-0.1, -0.05) is 6.92 Å². The Hall–Kier alpha value is 0.540. The third-order valence-corrected chi connectivity index (χ3v) is 11.5. The van der Waals surface area contributed by atoms with Crippen LogP contribution in [0.5, 0.6) is 0 Å². The molecule has 31 heavy (non-hydrogen) atoms. The van der Waals surface area contributed by atoms with E-state index in [1.54, 1.807) is 0 Å². The fourth-order valence-electron chi connectivity index (χ4n) is 6.98. The topological polar surface area (TPSA) is 13.0 Å². The Morgan fingerprint density at radius 2 is 1.32 bits per heavy atom. The van der Waals surface area contributed by atoms with Crippen LogP contribution in [0.3, 0.4) is 0 Å². The summed E-state index contributed by atoms with van der Waals surface area (Å²) in [5.41, 5.74) is 0.528. The van der Waals surface area contributed by atoms with Crippen molar-refractivity contribution >= 4 is 23.5 Å². The summed E-state index contributed by atoms with van der Waals surface area (Å²) >= 11 is 4.54. The number of nitrogens with zero attached hydrogens (tertiary/aromatic N) is 4. The third kappa shape index (κ3) is 4.86. The number of thioether (sulfide) groups is 2. The molecule has 0 aromatic heterocycles.